The smallest absolute Gasteiger partial charge is 0.321 e. The fourth-order valence-electron chi connectivity index (χ4n) is 3.55. The van der Waals surface area contributed by atoms with Crippen LogP contribution in [0.5, 0.6) is 0 Å². The minimum absolute atomic E-state index is 0.0386. The Morgan fingerprint density at radius 1 is 1.24 bits per heavy atom. The SMILES string of the molecule is CN1Cc2cc(C(N)C3CCCCCC3)ccc2NC1=O. The van der Waals surface area contributed by atoms with Crippen LogP contribution in [-0.2, 0) is 6.54 Å². The number of nitrogens with zero attached hydrogens (tertiary/aromatic N) is 1. The van der Waals surface area contributed by atoms with Gasteiger partial charge in [-0.25, -0.2) is 4.79 Å². The van der Waals surface area contributed by atoms with Crippen LogP contribution in [0.3, 0.4) is 0 Å². The summed E-state index contributed by atoms with van der Waals surface area (Å²) in [6, 6.07) is 6.35. The molecule has 3 rings (SSSR count). The van der Waals surface area contributed by atoms with E-state index in [4.69, 9.17) is 5.73 Å². The molecule has 4 heteroatoms. The van der Waals surface area contributed by atoms with Gasteiger partial charge in [-0.3, -0.25) is 0 Å². The monoisotopic (exact) mass is 287 g/mol. The maximum atomic E-state index is 11.7. The molecule has 1 aliphatic carbocycles. The number of hydrogen-bond acceptors (Lipinski definition) is 2. The van der Waals surface area contributed by atoms with Crippen LogP contribution in [0.15, 0.2) is 18.2 Å². The third-order valence-corrected chi connectivity index (χ3v) is 4.92. The first-order valence-corrected chi connectivity index (χ1v) is 8.05. The Bertz CT molecular complexity index is 521. The molecule has 0 saturated heterocycles. The molecule has 1 unspecified atom stereocenters. The van der Waals surface area contributed by atoms with Gasteiger partial charge >= 0.3 is 6.03 Å². The summed E-state index contributed by atoms with van der Waals surface area (Å²) in [6.07, 6.45) is 7.81. The third kappa shape index (κ3) is 3.05. The lowest BCUT2D eigenvalue weighted by atomic mass is 9.87. The second-order valence-electron chi connectivity index (χ2n) is 6.48. The van der Waals surface area contributed by atoms with E-state index in [-0.39, 0.29) is 12.1 Å². The normalized spacial score (nSPS) is 21.4. The van der Waals surface area contributed by atoms with E-state index in [1.807, 2.05) is 13.1 Å². The average molecular weight is 287 g/mol. The van der Waals surface area contributed by atoms with Crippen molar-refractivity contribution in [1.29, 1.82) is 0 Å². The van der Waals surface area contributed by atoms with Gasteiger partial charge in [-0.05, 0) is 36.0 Å². The van der Waals surface area contributed by atoms with E-state index in [1.54, 1.807) is 4.90 Å². The lowest BCUT2D eigenvalue weighted by molar-refractivity contribution is 0.218. The third-order valence-electron chi connectivity index (χ3n) is 4.92. The first kappa shape index (κ1) is 14.4. The number of benzene rings is 1. The van der Waals surface area contributed by atoms with E-state index in [9.17, 15) is 4.79 Å². The molecule has 1 fully saturated rings. The molecule has 114 valence electrons. The molecule has 0 radical (unpaired) electrons. The number of fused-ring (bicyclic) bond motifs is 1. The summed E-state index contributed by atoms with van der Waals surface area (Å²) in [6.45, 7) is 0.659. The molecule has 2 amide bonds. The number of anilines is 1. The van der Waals surface area contributed by atoms with Gasteiger partial charge in [0.2, 0.25) is 0 Å². The Kier molecular flexibility index (Phi) is 4.15. The van der Waals surface area contributed by atoms with Crippen LogP contribution < -0.4 is 11.1 Å². The highest BCUT2D eigenvalue weighted by Crippen LogP contribution is 2.34. The van der Waals surface area contributed by atoms with Crippen molar-refractivity contribution >= 4 is 11.7 Å². The van der Waals surface area contributed by atoms with Crippen molar-refractivity contribution in [3.05, 3.63) is 29.3 Å². The number of hydrogen-bond donors (Lipinski definition) is 2. The molecule has 0 aromatic heterocycles. The first-order valence-electron chi connectivity index (χ1n) is 8.05. The number of urea groups is 1. The number of nitrogens with two attached hydrogens (primary N) is 1. The highest BCUT2D eigenvalue weighted by Gasteiger charge is 2.24. The number of nitrogens with one attached hydrogen (secondary N) is 1. The second-order valence-corrected chi connectivity index (χ2v) is 6.48. The quantitative estimate of drug-likeness (QED) is 0.816. The lowest BCUT2D eigenvalue weighted by Crippen LogP contribution is -2.35. The van der Waals surface area contributed by atoms with E-state index in [0.29, 0.717) is 12.5 Å². The standard InChI is InChI=1S/C17H25N3O/c1-20-11-14-10-13(8-9-15(14)19-17(20)21)16(18)12-6-4-2-3-5-7-12/h8-10,12,16H,2-7,11,18H2,1H3,(H,19,21). The fraction of sp³-hybridized carbons (Fsp3) is 0.588. The van der Waals surface area contributed by atoms with Gasteiger partial charge in [0.1, 0.15) is 0 Å². The molecular formula is C17H25N3O. The van der Waals surface area contributed by atoms with Crippen LogP contribution in [-0.4, -0.2) is 18.0 Å². The van der Waals surface area contributed by atoms with Crippen LogP contribution in [0.2, 0.25) is 0 Å². The fourth-order valence-corrected chi connectivity index (χ4v) is 3.55. The molecule has 2 aliphatic rings. The predicted molar refractivity (Wildman–Crippen MR) is 85.0 cm³/mol. The summed E-state index contributed by atoms with van der Waals surface area (Å²) in [5.41, 5.74) is 9.84. The zero-order chi connectivity index (χ0) is 14.8. The Hall–Kier alpha value is -1.55. The van der Waals surface area contributed by atoms with E-state index < -0.39 is 0 Å². The highest BCUT2D eigenvalue weighted by atomic mass is 16.2. The number of carbonyl (C=O) groups is 1. The summed E-state index contributed by atoms with van der Waals surface area (Å²) in [5, 5.41) is 2.91. The Morgan fingerprint density at radius 2 is 1.95 bits per heavy atom. The minimum Gasteiger partial charge on any atom is -0.324 e. The van der Waals surface area contributed by atoms with Crippen molar-refractivity contribution in [3.63, 3.8) is 0 Å². The molecule has 3 N–H and O–H groups in total. The average Bonchev–Trinajstić information content (AvgIpc) is 2.76. The highest BCUT2D eigenvalue weighted by molar-refractivity contribution is 5.92. The van der Waals surface area contributed by atoms with Crippen LogP contribution >= 0.6 is 0 Å². The molecule has 1 aliphatic heterocycles. The molecule has 0 bridgehead atoms. The summed E-state index contributed by atoms with van der Waals surface area (Å²) >= 11 is 0. The van der Waals surface area contributed by atoms with E-state index in [0.717, 1.165) is 5.69 Å². The van der Waals surface area contributed by atoms with E-state index in [1.165, 1.54) is 49.7 Å². The molecule has 1 saturated carbocycles. The van der Waals surface area contributed by atoms with Gasteiger partial charge in [0, 0.05) is 25.3 Å². The zero-order valence-corrected chi connectivity index (χ0v) is 12.8. The topological polar surface area (TPSA) is 58.4 Å². The second kappa shape index (κ2) is 6.06. The van der Waals surface area contributed by atoms with Crippen LogP contribution in [0.4, 0.5) is 10.5 Å². The van der Waals surface area contributed by atoms with E-state index in [2.05, 4.69) is 17.4 Å². The van der Waals surface area contributed by atoms with Gasteiger partial charge in [-0.2, -0.15) is 0 Å². The van der Waals surface area contributed by atoms with Crippen molar-refractivity contribution in [2.75, 3.05) is 12.4 Å². The molecule has 21 heavy (non-hydrogen) atoms. The van der Waals surface area contributed by atoms with Crippen molar-refractivity contribution in [2.45, 2.75) is 51.1 Å². The molecule has 1 aromatic rings. The largest absolute Gasteiger partial charge is 0.324 e. The maximum Gasteiger partial charge on any atom is 0.321 e. The molecule has 4 nitrogen and oxygen atoms in total. The van der Waals surface area contributed by atoms with Crippen LogP contribution in [0, 0.1) is 5.92 Å². The van der Waals surface area contributed by atoms with Gasteiger partial charge in [0.25, 0.3) is 0 Å². The van der Waals surface area contributed by atoms with Crippen molar-refractivity contribution < 1.29 is 4.79 Å². The summed E-state index contributed by atoms with van der Waals surface area (Å²) in [4.78, 5) is 13.3. The summed E-state index contributed by atoms with van der Waals surface area (Å²) in [7, 11) is 1.82. The number of carbonyl (C=O) groups excluding carboxylic acids is 1. The van der Waals surface area contributed by atoms with Crippen molar-refractivity contribution in [2.24, 2.45) is 11.7 Å². The summed E-state index contributed by atoms with van der Waals surface area (Å²) < 4.78 is 0. The molecule has 1 aromatic carbocycles. The zero-order valence-electron chi connectivity index (χ0n) is 12.8. The molecule has 1 atom stereocenters. The van der Waals surface area contributed by atoms with Gasteiger partial charge in [0.15, 0.2) is 0 Å². The van der Waals surface area contributed by atoms with Crippen LogP contribution in [0.1, 0.15) is 55.7 Å². The van der Waals surface area contributed by atoms with Gasteiger partial charge < -0.3 is 16.0 Å². The summed E-state index contributed by atoms with van der Waals surface area (Å²) in [5.74, 6) is 0.599. The minimum atomic E-state index is -0.0386. The van der Waals surface area contributed by atoms with Crippen LogP contribution in [0.25, 0.3) is 0 Å². The lowest BCUT2D eigenvalue weighted by Gasteiger charge is -2.28. The molecule has 1 heterocycles. The number of rotatable bonds is 2. The molecule has 0 spiro atoms. The predicted octanol–water partition coefficient (Wildman–Crippen LogP) is 3.63. The van der Waals surface area contributed by atoms with Crippen molar-refractivity contribution in [3.8, 4) is 0 Å². The Balaban J connectivity index is 1.79. The van der Waals surface area contributed by atoms with E-state index >= 15 is 0 Å². The first-order chi connectivity index (χ1) is 10.1. The Morgan fingerprint density at radius 3 is 2.67 bits per heavy atom. The van der Waals surface area contributed by atoms with Crippen molar-refractivity contribution in [1.82, 2.24) is 4.90 Å². The van der Waals surface area contributed by atoms with Gasteiger partial charge in [-0.1, -0.05) is 37.8 Å². The Labute approximate surface area is 126 Å². The molecular weight excluding hydrogens is 262 g/mol. The maximum absolute atomic E-state index is 11.7. The number of amides is 2. The van der Waals surface area contributed by atoms with Gasteiger partial charge in [0.05, 0.1) is 0 Å². The van der Waals surface area contributed by atoms with Gasteiger partial charge in [-0.15, -0.1) is 0 Å².